The zero-order valence-corrected chi connectivity index (χ0v) is 10.2. The maximum Gasteiger partial charge on any atom is 0.311 e. The summed E-state index contributed by atoms with van der Waals surface area (Å²) in [7, 11) is 3.08. The second-order valence-electron chi connectivity index (χ2n) is 4.00. The van der Waals surface area contributed by atoms with Crippen LogP contribution in [0.5, 0.6) is 0 Å². The van der Waals surface area contributed by atoms with Gasteiger partial charge in [-0.05, 0) is 19.8 Å². The first-order valence-corrected chi connectivity index (χ1v) is 5.54. The molecule has 0 aromatic heterocycles. The number of nitrogens with zero attached hydrogens (tertiary/aromatic N) is 2. The van der Waals surface area contributed by atoms with Gasteiger partial charge in [0, 0.05) is 19.4 Å². The fraction of sp³-hybridized carbons (Fsp3) is 0.818. The first-order valence-electron chi connectivity index (χ1n) is 5.54. The molecule has 0 aromatic carbocycles. The molecule has 0 aromatic rings. The van der Waals surface area contributed by atoms with Gasteiger partial charge in [-0.3, -0.25) is 9.80 Å². The van der Waals surface area contributed by atoms with Crippen LogP contribution in [0.3, 0.4) is 0 Å². The third kappa shape index (κ3) is 3.81. The van der Waals surface area contributed by atoms with E-state index in [1.807, 2.05) is 11.9 Å². The molecule has 0 spiro atoms. The summed E-state index contributed by atoms with van der Waals surface area (Å²) < 4.78 is 9.73. The average Bonchev–Trinajstić information content (AvgIpc) is 2.66. The van der Waals surface area contributed by atoms with Crippen LogP contribution in [0.25, 0.3) is 0 Å². The molecular weight excluding hydrogens is 208 g/mol. The lowest BCUT2D eigenvalue weighted by atomic mass is 10.2. The van der Waals surface area contributed by atoms with E-state index in [0.29, 0.717) is 12.6 Å². The molecule has 1 fully saturated rings. The summed E-state index contributed by atoms with van der Waals surface area (Å²) in [5, 5.41) is 6.45. The molecule has 1 aliphatic rings. The standard InChI is InChI=1S/C11H20N2O3/c1-9(7-11(14)16-3)12-13-6-4-5-10(13)8-15-2/h10H,4-8H2,1-3H3. The zero-order valence-electron chi connectivity index (χ0n) is 10.2. The SMILES string of the molecule is COCC1CCCN1N=C(C)CC(=O)OC. The first kappa shape index (κ1) is 13.0. The van der Waals surface area contributed by atoms with E-state index in [-0.39, 0.29) is 12.4 Å². The summed E-state index contributed by atoms with van der Waals surface area (Å²) in [5.41, 5.74) is 0.787. The van der Waals surface area contributed by atoms with Gasteiger partial charge in [0.1, 0.15) is 0 Å². The van der Waals surface area contributed by atoms with Crippen molar-refractivity contribution in [3.63, 3.8) is 0 Å². The highest BCUT2D eigenvalue weighted by Crippen LogP contribution is 2.17. The number of ether oxygens (including phenoxy) is 2. The van der Waals surface area contributed by atoms with E-state index in [2.05, 4.69) is 9.84 Å². The molecule has 16 heavy (non-hydrogen) atoms. The lowest BCUT2D eigenvalue weighted by molar-refractivity contribution is -0.139. The summed E-state index contributed by atoms with van der Waals surface area (Å²) in [6.07, 6.45) is 2.48. The molecule has 5 heteroatoms. The Morgan fingerprint density at radius 3 is 2.88 bits per heavy atom. The summed E-state index contributed by atoms with van der Waals surface area (Å²) >= 11 is 0. The van der Waals surface area contributed by atoms with Gasteiger partial charge in [-0.2, -0.15) is 5.10 Å². The van der Waals surface area contributed by atoms with Crippen LogP contribution in [0.4, 0.5) is 0 Å². The fourth-order valence-corrected chi connectivity index (χ4v) is 1.85. The topological polar surface area (TPSA) is 51.1 Å². The van der Waals surface area contributed by atoms with Gasteiger partial charge in [0.25, 0.3) is 0 Å². The van der Waals surface area contributed by atoms with Crippen LogP contribution in [0, 0.1) is 0 Å². The predicted molar refractivity (Wildman–Crippen MR) is 61.3 cm³/mol. The Bertz CT molecular complexity index is 266. The van der Waals surface area contributed by atoms with E-state index in [4.69, 9.17) is 4.74 Å². The fourth-order valence-electron chi connectivity index (χ4n) is 1.85. The molecule has 1 saturated heterocycles. The molecule has 0 aliphatic carbocycles. The van der Waals surface area contributed by atoms with E-state index < -0.39 is 0 Å². The number of esters is 1. The molecule has 0 amide bonds. The predicted octanol–water partition coefficient (Wildman–Crippen LogP) is 1.04. The Morgan fingerprint density at radius 1 is 1.50 bits per heavy atom. The second kappa shape index (κ2) is 6.48. The highest BCUT2D eigenvalue weighted by Gasteiger charge is 2.23. The molecule has 1 aliphatic heterocycles. The summed E-state index contributed by atoms with van der Waals surface area (Å²) in [4.78, 5) is 11.1. The summed E-state index contributed by atoms with van der Waals surface area (Å²) in [5.74, 6) is -0.247. The minimum absolute atomic E-state index is 0.247. The van der Waals surface area contributed by atoms with E-state index in [0.717, 1.165) is 25.1 Å². The van der Waals surface area contributed by atoms with Gasteiger partial charge in [0.05, 0.1) is 26.2 Å². The van der Waals surface area contributed by atoms with Crippen molar-refractivity contribution in [2.75, 3.05) is 27.4 Å². The Balaban J connectivity index is 2.49. The van der Waals surface area contributed by atoms with Crippen molar-refractivity contribution < 1.29 is 14.3 Å². The van der Waals surface area contributed by atoms with E-state index in [1.54, 1.807) is 7.11 Å². The third-order valence-corrected chi connectivity index (χ3v) is 2.63. The Kier molecular flexibility index (Phi) is 5.25. The third-order valence-electron chi connectivity index (χ3n) is 2.63. The monoisotopic (exact) mass is 228 g/mol. The number of methoxy groups -OCH3 is 2. The smallest absolute Gasteiger partial charge is 0.311 e. The van der Waals surface area contributed by atoms with Crippen molar-refractivity contribution in [3.05, 3.63) is 0 Å². The van der Waals surface area contributed by atoms with Crippen LogP contribution >= 0.6 is 0 Å². The molecule has 0 bridgehead atoms. The molecule has 92 valence electrons. The van der Waals surface area contributed by atoms with Crippen molar-refractivity contribution in [1.29, 1.82) is 0 Å². The Labute approximate surface area is 96.4 Å². The lowest BCUT2D eigenvalue weighted by Gasteiger charge is -2.21. The minimum Gasteiger partial charge on any atom is -0.469 e. The number of hydrogen-bond acceptors (Lipinski definition) is 5. The van der Waals surface area contributed by atoms with Gasteiger partial charge in [-0.1, -0.05) is 0 Å². The lowest BCUT2D eigenvalue weighted by Crippen LogP contribution is -2.29. The second-order valence-corrected chi connectivity index (χ2v) is 4.00. The van der Waals surface area contributed by atoms with Crippen molar-refractivity contribution >= 4 is 11.7 Å². The molecule has 0 saturated carbocycles. The van der Waals surface area contributed by atoms with Crippen LogP contribution in [0.1, 0.15) is 26.2 Å². The van der Waals surface area contributed by atoms with Gasteiger partial charge in [0.15, 0.2) is 0 Å². The Hall–Kier alpha value is -1.10. The maximum absolute atomic E-state index is 11.1. The average molecular weight is 228 g/mol. The van der Waals surface area contributed by atoms with Gasteiger partial charge in [0.2, 0.25) is 0 Å². The molecule has 1 atom stereocenters. The largest absolute Gasteiger partial charge is 0.469 e. The number of rotatable bonds is 5. The molecule has 1 heterocycles. The molecule has 1 rings (SSSR count). The highest BCUT2D eigenvalue weighted by atomic mass is 16.5. The molecule has 0 N–H and O–H groups in total. The zero-order chi connectivity index (χ0) is 12.0. The molecule has 1 unspecified atom stereocenters. The Morgan fingerprint density at radius 2 is 2.25 bits per heavy atom. The molecular formula is C11H20N2O3. The molecule has 0 radical (unpaired) electrons. The van der Waals surface area contributed by atoms with Crippen molar-refractivity contribution in [2.24, 2.45) is 5.10 Å². The van der Waals surface area contributed by atoms with Crippen molar-refractivity contribution in [2.45, 2.75) is 32.2 Å². The quantitative estimate of drug-likeness (QED) is 0.521. The van der Waals surface area contributed by atoms with Crippen LogP contribution in [0.15, 0.2) is 5.10 Å². The van der Waals surface area contributed by atoms with Crippen LogP contribution in [0.2, 0.25) is 0 Å². The van der Waals surface area contributed by atoms with Crippen molar-refractivity contribution in [3.8, 4) is 0 Å². The first-order chi connectivity index (χ1) is 7.67. The number of hydrazone groups is 1. The van der Waals surface area contributed by atoms with Crippen LogP contribution < -0.4 is 0 Å². The molecule has 5 nitrogen and oxygen atoms in total. The van der Waals surface area contributed by atoms with Crippen LogP contribution in [-0.2, 0) is 14.3 Å². The normalized spacial score (nSPS) is 21.3. The van der Waals surface area contributed by atoms with Crippen LogP contribution in [-0.4, -0.2) is 50.1 Å². The van der Waals surface area contributed by atoms with E-state index >= 15 is 0 Å². The van der Waals surface area contributed by atoms with Gasteiger partial charge in [-0.25, -0.2) is 0 Å². The van der Waals surface area contributed by atoms with Gasteiger partial charge >= 0.3 is 5.97 Å². The summed E-state index contributed by atoms with van der Waals surface area (Å²) in [6, 6.07) is 0.345. The maximum atomic E-state index is 11.1. The number of hydrogen-bond donors (Lipinski definition) is 0. The summed E-state index contributed by atoms with van der Waals surface area (Å²) in [6.45, 7) is 3.47. The highest BCUT2D eigenvalue weighted by molar-refractivity contribution is 5.97. The van der Waals surface area contributed by atoms with E-state index in [9.17, 15) is 4.79 Å². The van der Waals surface area contributed by atoms with Crippen molar-refractivity contribution in [1.82, 2.24) is 5.01 Å². The van der Waals surface area contributed by atoms with Gasteiger partial charge < -0.3 is 9.47 Å². The van der Waals surface area contributed by atoms with Gasteiger partial charge in [-0.15, -0.1) is 0 Å². The number of carbonyl (C=O) groups excluding carboxylic acids is 1. The van der Waals surface area contributed by atoms with E-state index in [1.165, 1.54) is 7.11 Å². The number of carbonyl (C=O) groups is 1. The minimum atomic E-state index is -0.247.